The molecule has 2 heterocycles. The number of nitrogens with zero attached hydrogens (tertiary/aromatic N) is 3. The van der Waals surface area contributed by atoms with E-state index in [4.69, 9.17) is 4.74 Å². The van der Waals surface area contributed by atoms with Crippen LogP contribution >= 0.6 is 0 Å². The summed E-state index contributed by atoms with van der Waals surface area (Å²) >= 11 is 0. The van der Waals surface area contributed by atoms with Crippen LogP contribution in [0, 0.1) is 6.92 Å². The van der Waals surface area contributed by atoms with Crippen molar-refractivity contribution in [2.24, 2.45) is 0 Å². The van der Waals surface area contributed by atoms with Crippen molar-refractivity contribution in [2.45, 2.75) is 18.2 Å². The summed E-state index contributed by atoms with van der Waals surface area (Å²) in [7, 11) is -2.57. The number of ether oxygens (including phenoxy) is 1. The molecule has 0 aliphatic rings. The summed E-state index contributed by atoms with van der Waals surface area (Å²) in [6, 6.07) is 15.2. The molecule has 0 atom stereocenters. The molecule has 176 valence electrons. The van der Waals surface area contributed by atoms with Gasteiger partial charge in [0.2, 0.25) is 11.9 Å². The van der Waals surface area contributed by atoms with Crippen LogP contribution in [0.1, 0.15) is 11.3 Å². The van der Waals surface area contributed by atoms with E-state index in [1.807, 2.05) is 6.07 Å². The highest BCUT2D eigenvalue weighted by Gasteiger charge is 2.23. The summed E-state index contributed by atoms with van der Waals surface area (Å²) in [4.78, 5) is 8.90. The normalized spacial score (nSPS) is 11.4. The van der Waals surface area contributed by atoms with Crippen molar-refractivity contribution in [3.63, 3.8) is 0 Å². The minimum Gasteiger partial charge on any atom is -0.497 e. The maximum atomic E-state index is 13.1. The zero-order chi connectivity index (χ0) is 24.3. The molecule has 0 saturated heterocycles. The monoisotopic (exact) mass is 482 g/mol. The van der Waals surface area contributed by atoms with Crippen LogP contribution in [0.25, 0.3) is 11.0 Å². The highest BCUT2D eigenvalue weighted by Crippen LogP contribution is 2.30. The Morgan fingerprint density at radius 3 is 2.38 bits per heavy atom. The van der Waals surface area contributed by atoms with Crippen molar-refractivity contribution in [2.75, 3.05) is 23.8 Å². The lowest BCUT2D eigenvalue weighted by Gasteiger charge is -2.16. The van der Waals surface area contributed by atoms with Crippen LogP contribution in [0.2, 0.25) is 0 Å². The summed E-state index contributed by atoms with van der Waals surface area (Å²) in [6.07, 6.45) is 1.47. The molecule has 0 unspecified atom stereocenters. The molecular formula is C23H24N5O5S+. The number of aromatic nitrogens is 3. The first-order chi connectivity index (χ1) is 16.3. The van der Waals surface area contributed by atoms with E-state index in [1.54, 1.807) is 43.3 Å². The predicted molar refractivity (Wildman–Crippen MR) is 126 cm³/mol. The maximum absolute atomic E-state index is 13.1. The molecule has 4 rings (SSSR count). The molecule has 4 aromatic rings. The number of fused-ring (bicyclic) bond motifs is 1. The van der Waals surface area contributed by atoms with Gasteiger partial charge in [0.1, 0.15) is 5.75 Å². The number of benzene rings is 2. The number of rotatable bonds is 8. The molecule has 0 saturated carbocycles. The molecule has 0 aliphatic carbocycles. The summed E-state index contributed by atoms with van der Waals surface area (Å²) in [5.74, 6) is 0.715. The fourth-order valence-electron chi connectivity index (χ4n) is 3.31. The van der Waals surface area contributed by atoms with Gasteiger partial charge in [0.15, 0.2) is 16.5 Å². The molecule has 11 heteroatoms. The molecule has 0 aliphatic heterocycles. The maximum Gasteiger partial charge on any atom is 0.269 e. The number of hydrogen-bond acceptors (Lipinski definition) is 8. The summed E-state index contributed by atoms with van der Waals surface area (Å²) in [5, 5.41) is 22.5. The summed E-state index contributed by atoms with van der Waals surface area (Å²) in [6.45, 7) is 1.57. The van der Waals surface area contributed by atoms with Gasteiger partial charge in [0.25, 0.3) is 10.0 Å². The first-order valence-electron chi connectivity index (χ1n) is 10.4. The third-order valence-corrected chi connectivity index (χ3v) is 6.49. The zero-order valence-corrected chi connectivity index (χ0v) is 19.4. The number of pyridine rings is 1. The number of anilines is 3. The van der Waals surface area contributed by atoms with Crippen LogP contribution in [0.15, 0.2) is 65.7 Å². The topological polar surface area (TPSA) is 138 Å². The van der Waals surface area contributed by atoms with Crippen LogP contribution in [0.5, 0.6) is 5.75 Å². The van der Waals surface area contributed by atoms with Gasteiger partial charge < -0.3 is 15.2 Å². The molecular weight excluding hydrogens is 458 g/mol. The molecule has 2 aromatic heterocycles. The third-order valence-electron chi connectivity index (χ3n) is 5.16. The average Bonchev–Trinajstić information content (AvgIpc) is 2.82. The van der Waals surface area contributed by atoms with Gasteiger partial charge in [0, 0.05) is 36.1 Å². The fraction of sp³-hybridized carbons (Fsp3) is 0.174. The van der Waals surface area contributed by atoms with Gasteiger partial charge >= 0.3 is 0 Å². The number of aliphatic hydroxyl groups excluding tert-OH is 1. The lowest BCUT2D eigenvalue weighted by molar-refractivity contribution is -0.910. The van der Waals surface area contributed by atoms with E-state index in [0.717, 1.165) is 16.5 Å². The molecule has 34 heavy (non-hydrogen) atoms. The quantitative estimate of drug-likeness (QED) is 0.222. The number of aryl methyl sites for hydroxylation is 1. The Labute approximate surface area is 196 Å². The van der Waals surface area contributed by atoms with Gasteiger partial charge in [-0.1, -0.05) is 18.2 Å². The molecule has 0 fully saturated rings. The van der Waals surface area contributed by atoms with Crippen molar-refractivity contribution in [1.82, 2.24) is 9.97 Å². The van der Waals surface area contributed by atoms with E-state index >= 15 is 0 Å². The molecule has 0 amide bonds. The highest BCUT2D eigenvalue weighted by molar-refractivity contribution is 7.92. The minimum absolute atomic E-state index is 0.0264. The number of sulfonamides is 1. The summed E-state index contributed by atoms with van der Waals surface area (Å²) in [5.41, 5.74) is 2.89. The number of para-hydroxylation sites is 2. The highest BCUT2D eigenvalue weighted by atomic mass is 32.2. The number of hydrogen-bond donors (Lipinski definition) is 4. The van der Waals surface area contributed by atoms with E-state index in [0.29, 0.717) is 34.6 Å². The van der Waals surface area contributed by atoms with Crippen molar-refractivity contribution in [3.8, 4) is 5.75 Å². The second kappa shape index (κ2) is 9.49. The van der Waals surface area contributed by atoms with Gasteiger partial charge in [-0.3, -0.25) is 9.93 Å². The van der Waals surface area contributed by atoms with E-state index in [2.05, 4.69) is 20.0 Å². The Hall–Kier alpha value is -3.96. The Morgan fingerprint density at radius 1 is 1.03 bits per heavy atom. The first kappa shape index (κ1) is 23.2. The molecule has 0 bridgehead atoms. The van der Waals surface area contributed by atoms with Crippen LogP contribution in [-0.2, 0) is 16.4 Å². The minimum atomic E-state index is -4.11. The van der Waals surface area contributed by atoms with E-state index < -0.39 is 10.0 Å². The lowest BCUT2D eigenvalue weighted by atomic mass is 10.1. The van der Waals surface area contributed by atoms with Crippen molar-refractivity contribution >= 4 is 38.4 Å². The first-order valence-corrected chi connectivity index (χ1v) is 11.8. The lowest BCUT2D eigenvalue weighted by Crippen LogP contribution is -2.34. The van der Waals surface area contributed by atoms with Gasteiger partial charge in [-0.05, 0) is 36.2 Å². The standard InChI is InChI=1S/C23H24N5O5S/c1-15-7-10-18(14-28(15)30)34(31,32)27-23-22(24-19-5-3-4-6-20(19)25-23)26-21-13-17(33-2)9-8-16(21)11-12-29/h3-10,13-14,29-30H,11-12H2,1-2H3,(H,24,26)(H,25,27)/q+1. The number of nitrogens with one attached hydrogen (secondary N) is 2. The van der Waals surface area contributed by atoms with Gasteiger partial charge in [-0.2, -0.15) is 0 Å². The van der Waals surface area contributed by atoms with Crippen LogP contribution in [0.4, 0.5) is 17.3 Å². The Morgan fingerprint density at radius 2 is 1.74 bits per heavy atom. The van der Waals surface area contributed by atoms with Gasteiger partial charge in [-0.15, -0.1) is 0 Å². The molecule has 10 nitrogen and oxygen atoms in total. The Kier molecular flexibility index (Phi) is 6.48. The average molecular weight is 483 g/mol. The molecule has 4 N–H and O–H groups in total. The van der Waals surface area contributed by atoms with Crippen molar-refractivity contribution in [1.29, 1.82) is 0 Å². The van der Waals surface area contributed by atoms with E-state index in [-0.39, 0.29) is 23.1 Å². The zero-order valence-electron chi connectivity index (χ0n) is 18.6. The van der Waals surface area contributed by atoms with E-state index in [9.17, 15) is 18.7 Å². The second-order valence-corrected chi connectivity index (χ2v) is 9.17. The number of aliphatic hydroxyl groups is 1. The van der Waals surface area contributed by atoms with Gasteiger partial charge in [0.05, 0.1) is 18.1 Å². The fourth-order valence-corrected chi connectivity index (χ4v) is 4.31. The molecule has 0 radical (unpaired) electrons. The van der Waals surface area contributed by atoms with E-state index in [1.165, 1.54) is 19.2 Å². The SMILES string of the molecule is COc1ccc(CCO)c(Nc2nc3ccccc3nc2NS(=O)(=O)c2ccc(C)[n+](O)c2)c1. The third kappa shape index (κ3) is 4.85. The Bertz CT molecular complexity index is 1460. The van der Waals surface area contributed by atoms with Gasteiger partial charge in [-0.25, -0.2) is 18.4 Å². The van der Waals surface area contributed by atoms with Crippen molar-refractivity contribution in [3.05, 3.63) is 72.1 Å². The van der Waals surface area contributed by atoms with Crippen molar-refractivity contribution < 1.29 is 28.2 Å². The predicted octanol–water partition coefficient (Wildman–Crippen LogP) is 2.55. The van der Waals surface area contributed by atoms with Crippen LogP contribution in [0.3, 0.4) is 0 Å². The molecule has 0 spiro atoms. The summed E-state index contributed by atoms with van der Waals surface area (Å²) < 4.78 is 34.7. The smallest absolute Gasteiger partial charge is 0.269 e. The number of methoxy groups -OCH3 is 1. The Balaban J connectivity index is 1.81. The van der Waals surface area contributed by atoms with Crippen LogP contribution < -0.4 is 19.5 Å². The molecule has 2 aromatic carbocycles. The second-order valence-electron chi connectivity index (χ2n) is 7.49. The van der Waals surface area contributed by atoms with Crippen LogP contribution in [-0.4, -0.2) is 42.4 Å². The largest absolute Gasteiger partial charge is 0.497 e.